The number of rotatable bonds is 5. The molecular weight excluding hydrogens is 500 g/mol. The summed E-state index contributed by atoms with van der Waals surface area (Å²) in [5, 5.41) is 17.0. The summed E-state index contributed by atoms with van der Waals surface area (Å²) in [6.07, 6.45) is 6.03. The maximum absolute atomic E-state index is 13.4. The Hall–Kier alpha value is -3.62. The van der Waals surface area contributed by atoms with Crippen LogP contribution < -0.4 is 16.2 Å². The predicted octanol–water partition coefficient (Wildman–Crippen LogP) is 0.669. The lowest BCUT2D eigenvalue weighted by Crippen LogP contribution is -2.51. The molecule has 2 aromatic heterocycles. The van der Waals surface area contributed by atoms with Gasteiger partial charge in [0.1, 0.15) is 11.4 Å². The number of urea groups is 1. The number of fused-ring (bicyclic) bond motifs is 1. The van der Waals surface area contributed by atoms with Crippen molar-refractivity contribution < 1.29 is 22.7 Å². The molecular formula is C23H28N8O5S. The van der Waals surface area contributed by atoms with Crippen LogP contribution in [0.3, 0.4) is 0 Å². The number of primary amides is 1. The predicted molar refractivity (Wildman–Crippen MR) is 132 cm³/mol. The van der Waals surface area contributed by atoms with E-state index in [0.717, 1.165) is 12.8 Å². The molecule has 3 amide bonds. The van der Waals surface area contributed by atoms with Crippen molar-refractivity contribution >= 4 is 32.7 Å². The van der Waals surface area contributed by atoms with Gasteiger partial charge >= 0.3 is 6.03 Å². The Morgan fingerprint density at radius 2 is 1.97 bits per heavy atom. The smallest absolute Gasteiger partial charge is 0.312 e. The molecule has 0 bridgehead atoms. The molecule has 196 valence electrons. The Morgan fingerprint density at radius 1 is 1.19 bits per heavy atom. The van der Waals surface area contributed by atoms with Crippen molar-refractivity contribution in [2.45, 2.75) is 48.8 Å². The SMILES string of the molecule is NC(=O)NCc1cn(C2CCOC3(CCN(C(=O)c4nccc5c(S(N)(=O)=O)cccc45)CC3)C2)nn1. The molecule has 2 aliphatic heterocycles. The van der Waals surface area contributed by atoms with Gasteiger partial charge in [-0.05, 0) is 37.8 Å². The molecule has 5 rings (SSSR count). The molecule has 2 fully saturated rings. The minimum atomic E-state index is -3.95. The summed E-state index contributed by atoms with van der Waals surface area (Å²) in [4.78, 5) is 30.3. The van der Waals surface area contributed by atoms with Crippen LogP contribution in [0.1, 0.15) is 47.9 Å². The van der Waals surface area contributed by atoms with Crippen molar-refractivity contribution in [1.29, 1.82) is 0 Å². The van der Waals surface area contributed by atoms with E-state index in [-0.39, 0.29) is 34.7 Å². The topological polar surface area (TPSA) is 188 Å². The van der Waals surface area contributed by atoms with Crippen molar-refractivity contribution in [3.63, 3.8) is 0 Å². The van der Waals surface area contributed by atoms with Gasteiger partial charge in [-0.3, -0.25) is 9.78 Å². The fourth-order valence-corrected chi connectivity index (χ4v) is 5.94. The summed E-state index contributed by atoms with van der Waals surface area (Å²) in [5.41, 5.74) is 5.55. The largest absolute Gasteiger partial charge is 0.375 e. The summed E-state index contributed by atoms with van der Waals surface area (Å²) in [6, 6.07) is 5.66. The fraction of sp³-hybridized carbons (Fsp3) is 0.435. The number of primary sulfonamides is 1. The summed E-state index contributed by atoms with van der Waals surface area (Å²) < 4.78 is 32.1. The van der Waals surface area contributed by atoms with Gasteiger partial charge in [0.15, 0.2) is 0 Å². The summed E-state index contributed by atoms with van der Waals surface area (Å²) in [6.45, 7) is 1.73. The zero-order valence-electron chi connectivity index (χ0n) is 20.0. The number of nitrogens with one attached hydrogen (secondary N) is 1. The van der Waals surface area contributed by atoms with Crippen molar-refractivity contribution in [3.8, 4) is 0 Å². The quantitative estimate of drug-likeness (QED) is 0.430. The van der Waals surface area contributed by atoms with Crippen molar-refractivity contribution in [1.82, 2.24) is 30.2 Å². The second-order valence-electron chi connectivity index (χ2n) is 9.43. The number of likely N-dealkylation sites (tertiary alicyclic amines) is 1. The molecule has 3 aromatic rings. The molecule has 5 N–H and O–H groups in total. The molecule has 1 atom stereocenters. The molecule has 1 unspecified atom stereocenters. The number of benzene rings is 1. The lowest BCUT2D eigenvalue weighted by molar-refractivity contribution is -0.122. The molecule has 2 aliphatic rings. The van der Waals surface area contributed by atoms with Crippen molar-refractivity contribution in [3.05, 3.63) is 48.0 Å². The Morgan fingerprint density at radius 3 is 2.70 bits per heavy atom. The molecule has 14 heteroatoms. The zero-order valence-corrected chi connectivity index (χ0v) is 20.9. The monoisotopic (exact) mass is 528 g/mol. The number of carbonyl (C=O) groups is 2. The lowest BCUT2D eigenvalue weighted by atomic mass is 9.82. The molecule has 1 spiro atoms. The number of hydrogen-bond donors (Lipinski definition) is 3. The molecule has 2 saturated heterocycles. The second kappa shape index (κ2) is 9.68. The Balaban J connectivity index is 1.28. The normalized spacial score (nSPS) is 19.7. The van der Waals surface area contributed by atoms with E-state index in [4.69, 9.17) is 15.6 Å². The summed E-state index contributed by atoms with van der Waals surface area (Å²) in [5.74, 6) is -0.262. The van der Waals surface area contributed by atoms with Gasteiger partial charge in [-0.25, -0.2) is 23.0 Å². The van der Waals surface area contributed by atoms with Crippen molar-refractivity contribution in [2.75, 3.05) is 19.7 Å². The number of aromatic nitrogens is 4. The van der Waals surface area contributed by atoms with E-state index in [1.807, 2.05) is 4.68 Å². The minimum Gasteiger partial charge on any atom is -0.375 e. The van der Waals surface area contributed by atoms with Crippen LogP contribution in [0.4, 0.5) is 4.79 Å². The van der Waals surface area contributed by atoms with Crippen LogP contribution in [0.25, 0.3) is 10.8 Å². The van der Waals surface area contributed by atoms with E-state index >= 15 is 0 Å². The number of nitrogens with two attached hydrogens (primary N) is 2. The number of ether oxygens (including phenoxy) is 1. The average molecular weight is 529 g/mol. The lowest BCUT2D eigenvalue weighted by Gasteiger charge is -2.46. The number of amides is 3. The highest BCUT2D eigenvalue weighted by atomic mass is 32.2. The Kier molecular flexibility index (Phi) is 6.56. The molecule has 1 aromatic carbocycles. The average Bonchev–Trinajstić information content (AvgIpc) is 3.36. The number of hydrogen-bond acceptors (Lipinski definition) is 8. The first kappa shape index (κ1) is 25.0. The van der Waals surface area contributed by atoms with Crippen LogP contribution in [-0.4, -0.2) is 70.5 Å². The van der Waals surface area contributed by atoms with Crippen LogP contribution in [0.15, 0.2) is 41.6 Å². The molecule has 0 radical (unpaired) electrons. The Bertz CT molecular complexity index is 1450. The van der Waals surface area contributed by atoms with Crippen molar-refractivity contribution in [2.24, 2.45) is 10.9 Å². The first-order valence-electron chi connectivity index (χ1n) is 11.9. The number of pyridine rings is 1. The third kappa shape index (κ3) is 5.12. The van der Waals surface area contributed by atoms with Gasteiger partial charge in [0, 0.05) is 36.7 Å². The van der Waals surface area contributed by atoms with E-state index in [9.17, 15) is 18.0 Å². The third-order valence-corrected chi connectivity index (χ3v) is 8.05. The summed E-state index contributed by atoms with van der Waals surface area (Å²) >= 11 is 0. The molecule has 0 aliphatic carbocycles. The maximum Gasteiger partial charge on any atom is 0.312 e. The fourth-order valence-electron chi connectivity index (χ4n) is 5.19. The first-order chi connectivity index (χ1) is 17.7. The highest BCUT2D eigenvalue weighted by molar-refractivity contribution is 7.89. The molecule has 4 heterocycles. The van der Waals surface area contributed by atoms with Gasteiger partial charge in [-0.1, -0.05) is 17.3 Å². The number of carbonyl (C=O) groups excluding carboxylic acids is 2. The number of nitrogens with zero attached hydrogens (tertiary/aromatic N) is 5. The van der Waals surface area contributed by atoms with Crippen LogP contribution >= 0.6 is 0 Å². The van der Waals surface area contributed by atoms with Crippen LogP contribution in [0.5, 0.6) is 0 Å². The highest BCUT2D eigenvalue weighted by Gasteiger charge is 2.42. The van der Waals surface area contributed by atoms with Gasteiger partial charge in [0.2, 0.25) is 10.0 Å². The van der Waals surface area contributed by atoms with E-state index < -0.39 is 16.1 Å². The van der Waals surface area contributed by atoms with E-state index in [1.165, 1.54) is 12.3 Å². The van der Waals surface area contributed by atoms with E-state index in [2.05, 4.69) is 20.6 Å². The van der Waals surface area contributed by atoms with Gasteiger partial charge in [-0.15, -0.1) is 5.10 Å². The molecule has 37 heavy (non-hydrogen) atoms. The van der Waals surface area contributed by atoms with Crippen LogP contribution in [-0.2, 0) is 21.3 Å². The zero-order chi connectivity index (χ0) is 26.2. The van der Waals surface area contributed by atoms with E-state index in [0.29, 0.717) is 49.0 Å². The van der Waals surface area contributed by atoms with Gasteiger partial charge in [0.25, 0.3) is 5.91 Å². The van der Waals surface area contributed by atoms with Crippen LogP contribution in [0, 0.1) is 0 Å². The molecule has 0 saturated carbocycles. The maximum atomic E-state index is 13.4. The second-order valence-corrected chi connectivity index (χ2v) is 11.0. The summed E-state index contributed by atoms with van der Waals surface area (Å²) in [7, 11) is -3.95. The third-order valence-electron chi connectivity index (χ3n) is 7.08. The number of sulfonamides is 1. The highest BCUT2D eigenvalue weighted by Crippen LogP contribution is 2.39. The van der Waals surface area contributed by atoms with Gasteiger partial charge in [0.05, 0.1) is 29.3 Å². The van der Waals surface area contributed by atoms with Gasteiger partial charge in [-0.2, -0.15) is 0 Å². The standard InChI is InChI=1S/C23H28N8O5S/c24-22(33)27-13-15-14-31(29-28-15)16-5-11-36-23(12-16)6-9-30(10-7-23)21(32)20-18-2-1-3-19(37(25,34)35)17(18)4-8-26-20/h1-4,8,14,16H,5-7,9-13H2,(H3,24,27,33)(H2,25,34,35). The van der Waals surface area contributed by atoms with Crippen LogP contribution in [0.2, 0.25) is 0 Å². The van der Waals surface area contributed by atoms with E-state index in [1.54, 1.807) is 29.3 Å². The number of piperidine rings is 1. The van der Waals surface area contributed by atoms with Gasteiger partial charge < -0.3 is 20.7 Å². The Labute approximate surface area is 213 Å². The molecule has 13 nitrogen and oxygen atoms in total. The minimum absolute atomic E-state index is 0.0395. The first-order valence-corrected chi connectivity index (χ1v) is 13.5.